The number of benzene rings is 2. The minimum absolute atomic E-state index is 0.230. The highest BCUT2D eigenvalue weighted by Crippen LogP contribution is 2.45. The molecule has 32 heavy (non-hydrogen) atoms. The molecule has 0 unspecified atom stereocenters. The Hall–Kier alpha value is -3.01. The van der Waals surface area contributed by atoms with Crippen LogP contribution in [0, 0.1) is 0 Å². The molecule has 2 heterocycles. The summed E-state index contributed by atoms with van der Waals surface area (Å²) in [7, 11) is 0. The summed E-state index contributed by atoms with van der Waals surface area (Å²) < 4.78 is 12.5. The van der Waals surface area contributed by atoms with Gasteiger partial charge >= 0.3 is 5.97 Å². The summed E-state index contributed by atoms with van der Waals surface area (Å²) in [5.74, 6) is 0.916. The fraction of sp³-hybridized carbons (Fsp3) is 0.393. The molecule has 4 rings (SSSR count). The van der Waals surface area contributed by atoms with Crippen LogP contribution in [0.2, 0.25) is 0 Å². The van der Waals surface area contributed by atoms with Crippen LogP contribution in [-0.2, 0) is 14.3 Å². The van der Waals surface area contributed by atoms with E-state index in [4.69, 9.17) is 9.47 Å². The molecule has 2 aliphatic rings. The van der Waals surface area contributed by atoms with Crippen molar-refractivity contribution < 1.29 is 14.3 Å². The van der Waals surface area contributed by atoms with Gasteiger partial charge in [-0.25, -0.2) is 4.79 Å². The highest BCUT2D eigenvalue weighted by atomic mass is 16.6. The number of ether oxygens (including phenoxy) is 2. The normalized spacial score (nSPS) is 19.6. The summed E-state index contributed by atoms with van der Waals surface area (Å²) in [5.41, 5.74) is 2.97. The Labute approximate surface area is 191 Å². The number of piperidine rings is 1. The topological polar surface area (TPSA) is 38.8 Å². The van der Waals surface area contributed by atoms with Gasteiger partial charge in [0.2, 0.25) is 0 Å². The fourth-order valence-electron chi connectivity index (χ4n) is 4.52. The average Bonchev–Trinajstić information content (AvgIpc) is 2.79. The highest BCUT2D eigenvalue weighted by Gasteiger charge is 2.39. The van der Waals surface area contributed by atoms with Crippen LogP contribution < -0.4 is 0 Å². The molecule has 2 aliphatic heterocycles. The third kappa shape index (κ3) is 4.74. The van der Waals surface area contributed by atoms with Crippen molar-refractivity contribution in [3.63, 3.8) is 0 Å². The largest absolute Gasteiger partial charge is 0.456 e. The molecule has 0 spiro atoms. The first kappa shape index (κ1) is 22.2. The number of esters is 1. The van der Waals surface area contributed by atoms with E-state index in [-0.39, 0.29) is 11.9 Å². The summed E-state index contributed by atoms with van der Waals surface area (Å²) in [4.78, 5) is 16.0. The van der Waals surface area contributed by atoms with Gasteiger partial charge in [0, 0.05) is 24.6 Å². The van der Waals surface area contributed by atoms with Crippen molar-refractivity contribution in [1.82, 2.24) is 4.90 Å². The number of carbonyl (C=O) groups excluding carboxylic acids is 1. The molecule has 2 aromatic carbocycles. The molecule has 4 heteroatoms. The van der Waals surface area contributed by atoms with Crippen LogP contribution in [0.5, 0.6) is 0 Å². The van der Waals surface area contributed by atoms with Gasteiger partial charge in [0.25, 0.3) is 0 Å². The zero-order valence-corrected chi connectivity index (χ0v) is 19.6. The minimum atomic E-state index is -0.599. The molecule has 168 valence electrons. The van der Waals surface area contributed by atoms with Crippen LogP contribution in [0.15, 0.2) is 77.7 Å². The smallest absolute Gasteiger partial charge is 0.339 e. The third-order valence-corrected chi connectivity index (χ3v) is 5.93. The van der Waals surface area contributed by atoms with E-state index >= 15 is 0 Å². The molecule has 0 aliphatic carbocycles. The first-order chi connectivity index (χ1) is 15.3. The molecule has 1 saturated heterocycles. The summed E-state index contributed by atoms with van der Waals surface area (Å²) >= 11 is 0. The van der Waals surface area contributed by atoms with Gasteiger partial charge in [0.1, 0.15) is 11.4 Å². The number of likely N-dealkylation sites (tertiary alicyclic amines) is 1. The predicted octanol–water partition coefficient (Wildman–Crippen LogP) is 6.27. The lowest BCUT2D eigenvalue weighted by molar-refractivity contribution is -0.150. The molecule has 0 aromatic heterocycles. The maximum Gasteiger partial charge on any atom is 0.339 e. The van der Waals surface area contributed by atoms with E-state index in [1.807, 2.05) is 69.3 Å². The number of hydrogen-bond donors (Lipinski definition) is 0. The Morgan fingerprint density at radius 3 is 2.12 bits per heavy atom. The molecule has 4 nitrogen and oxygen atoms in total. The zero-order chi connectivity index (χ0) is 22.7. The van der Waals surface area contributed by atoms with E-state index in [0.29, 0.717) is 11.3 Å². The van der Waals surface area contributed by atoms with Gasteiger partial charge in [-0.15, -0.1) is 0 Å². The number of rotatable bonds is 4. The summed E-state index contributed by atoms with van der Waals surface area (Å²) in [6, 6.07) is 20.1. The Balaban J connectivity index is 1.90. The summed E-state index contributed by atoms with van der Waals surface area (Å²) in [6.45, 7) is 9.73. The van der Waals surface area contributed by atoms with E-state index < -0.39 is 5.60 Å². The Morgan fingerprint density at radius 2 is 1.53 bits per heavy atom. The molecule has 2 aromatic rings. The van der Waals surface area contributed by atoms with Crippen molar-refractivity contribution in [3.8, 4) is 0 Å². The number of nitrogens with zero attached hydrogens (tertiary/aromatic N) is 1. The van der Waals surface area contributed by atoms with Gasteiger partial charge < -0.3 is 14.4 Å². The molecule has 0 radical (unpaired) electrons. The summed E-state index contributed by atoms with van der Waals surface area (Å²) in [5, 5.41) is 0. The lowest BCUT2D eigenvalue weighted by atomic mass is 9.82. The Bertz CT molecular complexity index is 1010. The SMILES string of the molecule is CC1=C(N2CCCCC2)OC(c2ccccc2)=C(C(=O)OC(C)(C)C)[C@H]1c1ccccc1. The second-order valence-electron chi connectivity index (χ2n) is 9.59. The molecular formula is C28H33NO3. The average molecular weight is 432 g/mol. The molecular weight excluding hydrogens is 398 g/mol. The Kier molecular flexibility index (Phi) is 6.40. The van der Waals surface area contributed by atoms with Gasteiger partial charge in [0.05, 0.1) is 5.57 Å². The lowest BCUT2D eigenvalue weighted by Gasteiger charge is -2.38. The van der Waals surface area contributed by atoms with Crippen molar-refractivity contribution in [2.24, 2.45) is 0 Å². The lowest BCUT2D eigenvalue weighted by Crippen LogP contribution is -2.35. The molecule has 1 fully saturated rings. The van der Waals surface area contributed by atoms with Crippen molar-refractivity contribution >= 4 is 11.7 Å². The van der Waals surface area contributed by atoms with Gasteiger partial charge in [-0.05, 0) is 58.1 Å². The number of allylic oxidation sites excluding steroid dienone is 1. The fourth-order valence-corrected chi connectivity index (χ4v) is 4.52. The highest BCUT2D eigenvalue weighted by molar-refractivity contribution is 5.99. The number of hydrogen-bond acceptors (Lipinski definition) is 4. The Morgan fingerprint density at radius 1 is 0.938 bits per heavy atom. The maximum absolute atomic E-state index is 13.6. The van der Waals surface area contributed by atoms with Gasteiger partial charge in [-0.2, -0.15) is 0 Å². The number of carbonyl (C=O) groups is 1. The first-order valence-corrected chi connectivity index (χ1v) is 11.6. The molecule has 1 atom stereocenters. The van der Waals surface area contributed by atoms with E-state index in [9.17, 15) is 4.79 Å². The minimum Gasteiger partial charge on any atom is -0.456 e. The van der Waals surface area contributed by atoms with Gasteiger partial charge in [-0.3, -0.25) is 0 Å². The van der Waals surface area contributed by atoms with Crippen LogP contribution in [0.1, 0.15) is 64.0 Å². The molecule has 0 bridgehead atoms. The third-order valence-electron chi connectivity index (χ3n) is 5.93. The first-order valence-electron chi connectivity index (χ1n) is 11.6. The second kappa shape index (κ2) is 9.23. The predicted molar refractivity (Wildman–Crippen MR) is 128 cm³/mol. The maximum atomic E-state index is 13.6. The van der Waals surface area contributed by atoms with Crippen LogP contribution >= 0.6 is 0 Å². The van der Waals surface area contributed by atoms with E-state index in [0.717, 1.165) is 48.5 Å². The van der Waals surface area contributed by atoms with Crippen molar-refractivity contribution in [2.45, 2.75) is 58.5 Å². The van der Waals surface area contributed by atoms with E-state index in [2.05, 4.69) is 24.0 Å². The second-order valence-corrected chi connectivity index (χ2v) is 9.59. The van der Waals surface area contributed by atoms with E-state index in [1.165, 1.54) is 6.42 Å². The molecule has 0 saturated carbocycles. The van der Waals surface area contributed by atoms with Gasteiger partial charge in [0.15, 0.2) is 5.88 Å². The standard InChI is InChI=1S/C28H33NO3/c1-20-23(21-14-8-5-9-15-21)24(27(30)32-28(2,3)4)25(22-16-10-6-11-17-22)31-26(20)29-18-12-7-13-19-29/h5-6,8-11,14-17,23H,7,12-13,18-19H2,1-4H3/t23-/m1/s1. The quantitative estimate of drug-likeness (QED) is 0.535. The molecule has 0 N–H and O–H groups in total. The van der Waals surface area contributed by atoms with Crippen molar-refractivity contribution in [2.75, 3.05) is 13.1 Å². The van der Waals surface area contributed by atoms with Gasteiger partial charge in [-0.1, -0.05) is 60.7 Å². The van der Waals surface area contributed by atoms with Crippen LogP contribution in [-0.4, -0.2) is 29.6 Å². The molecule has 0 amide bonds. The van der Waals surface area contributed by atoms with Crippen molar-refractivity contribution in [3.05, 3.63) is 88.8 Å². The van der Waals surface area contributed by atoms with Crippen LogP contribution in [0.4, 0.5) is 0 Å². The van der Waals surface area contributed by atoms with Crippen molar-refractivity contribution in [1.29, 1.82) is 0 Å². The monoisotopic (exact) mass is 431 g/mol. The van der Waals surface area contributed by atoms with Crippen LogP contribution in [0.25, 0.3) is 5.76 Å². The van der Waals surface area contributed by atoms with Crippen LogP contribution in [0.3, 0.4) is 0 Å². The summed E-state index contributed by atoms with van der Waals surface area (Å²) in [6.07, 6.45) is 3.55. The van der Waals surface area contributed by atoms with E-state index in [1.54, 1.807) is 0 Å². The zero-order valence-electron chi connectivity index (χ0n) is 19.6.